The van der Waals surface area contributed by atoms with E-state index in [1.165, 1.54) is 0 Å². The fourth-order valence-electron chi connectivity index (χ4n) is 3.92. The monoisotopic (exact) mass is 588 g/mol. The minimum absolute atomic E-state index is 0.0204. The third-order valence-electron chi connectivity index (χ3n) is 5.99. The first-order valence-corrected chi connectivity index (χ1v) is 14.5. The summed E-state index contributed by atoms with van der Waals surface area (Å²) in [7, 11) is -3.53. The van der Waals surface area contributed by atoms with Crippen molar-refractivity contribution in [1.82, 2.24) is 14.3 Å². The zero-order valence-electron chi connectivity index (χ0n) is 20.6. The first kappa shape index (κ1) is 26.7. The highest BCUT2D eigenvalue weighted by molar-refractivity contribution is 9.10. The van der Waals surface area contributed by atoms with Gasteiger partial charge in [-0.05, 0) is 75.6 Å². The van der Waals surface area contributed by atoms with E-state index < -0.39 is 10.0 Å². The second kappa shape index (κ2) is 10.9. The molecule has 0 atom stereocenters. The van der Waals surface area contributed by atoms with Gasteiger partial charge >= 0.3 is 0 Å². The number of anilines is 1. The number of nitrogens with one attached hydrogen (secondary N) is 2. The fraction of sp³-hybridized carbons (Fsp3) is 0.296. The van der Waals surface area contributed by atoms with Crippen LogP contribution in [0, 0.1) is 0 Å². The van der Waals surface area contributed by atoms with Crippen molar-refractivity contribution >= 4 is 48.9 Å². The van der Waals surface area contributed by atoms with Crippen molar-refractivity contribution in [3.05, 3.63) is 81.9 Å². The Morgan fingerprint density at radius 3 is 2.39 bits per heavy atom. The van der Waals surface area contributed by atoms with Gasteiger partial charge in [-0.2, -0.15) is 5.10 Å². The molecule has 0 radical (unpaired) electrons. The van der Waals surface area contributed by atoms with Gasteiger partial charge in [0.1, 0.15) is 5.82 Å². The number of benzene rings is 2. The topological polar surface area (TPSA) is 75.5 Å². The highest BCUT2D eigenvalue weighted by atomic mass is 79.9. The summed E-state index contributed by atoms with van der Waals surface area (Å²) in [4.78, 5) is 0.289. The molecule has 190 valence electrons. The minimum Gasteiger partial charge on any atom is -0.370 e. The van der Waals surface area contributed by atoms with E-state index >= 15 is 0 Å². The average Bonchev–Trinajstić information content (AvgIpc) is 3.22. The summed E-state index contributed by atoms with van der Waals surface area (Å²) in [5, 5.41) is 8.58. The maximum Gasteiger partial charge on any atom is 0.240 e. The van der Waals surface area contributed by atoms with Crippen LogP contribution in [-0.4, -0.2) is 31.1 Å². The Morgan fingerprint density at radius 1 is 1.00 bits per heavy atom. The number of sulfonamides is 1. The van der Waals surface area contributed by atoms with Crippen LogP contribution in [0.3, 0.4) is 0 Å². The Labute approximate surface area is 226 Å². The standard InChI is InChI=1S/C27H30BrClN4O2S/c1-27(2,3)20-10-12-21(13-11-20)36(34,35)32-15-7-6-14-30-26-17-19(22-8-4-5-9-24(22)29)16-25-23(28)18-31-33(25)26/h4-5,8-13,16-18,30,32H,6-7,14-15H2,1-3H3. The zero-order chi connectivity index (χ0) is 25.9. The lowest BCUT2D eigenvalue weighted by molar-refractivity contribution is 0.575. The zero-order valence-corrected chi connectivity index (χ0v) is 23.7. The number of halogens is 2. The summed E-state index contributed by atoms with van der Waals surface area (Å²) < 4.78 is 30.7. The van der Waals surface area contributed by atoms with Gasteiger partial charge in [0.15, 0.2) is 0 Å². The molecule has 0 saturated carbocycles. The van der Waals surface area contributed by atoms with E-state index in [-0.39, 0.29) is 10.3 Å². The van der Waals surface area contributed by atoms with Gasteiger partial charge in [-0.1, -0.05) is 62.7 Å². The van der Waals surface area contributed by atoms with Crippen molar-refractivity contribution in [3.8, 4) is 11.1 Å². The maximum absolute atomic E-state index is 12.6. The molecule has 36 heavy (non-hydrogen) atoms. The number of nitrogens with zero attached hydrogens (tertiary/aromatic N) is 2. The molecule has 9 heteroatoms. The van der Waals surface area contributed by atoms with E-state index in [4.69, 9.17) is 11.6 Å². The lowest BCUT2D eigenvalue weighted by Gasteiger charge is -2.19. The Hall–Kier alpha value is -2.39. The Bertz CT molecular complexity index is 1460. The molecule has 2 aromatic carbocycles. The summed E-state index contributed by atoms with van der Waals surface area (Å²) in [6.45, 7) is 7.35. The molecule has 0 saturated heterocycles. The van der Waals surface area contributed by atoms with Crippen molar-refractivity contribution in [2.45, 2.75) is 43.9 Å². The van der Waals surface area contributed by atoms with Crippen LogP contribution < -0.4 is 10.0 Å². The average molecular weight is 590 g/mol. The van der Waals surface area contributed by atoms with Crippen LogP contribution in [0.25, 0.3) is 16.6 Å². The number of fused-ring (bicyclic) bond motifs is 1. The number of unbranched alkanes of at least 4 members (excludes halogenated alkanes) is 1. The SMILES string of the molecule is CC(C)(C)c1ccc(S(=O)(=O)NCCCCNc2cc(-c3ccccc3Cl)cc3c(Br)cnn23)cc1. The van der Waals surface area contributed by atoms with Crippen LogP contribution in [0.5, 0.6) is 0 Å². The number of pyridine rings is 1. The molecule has 0 unspecified atom stereocenters. The van der Waals surface area contributed by atoms with Crippen molar-refractivity contribution in [2.75, 3.05) is 18.4 Å². The molecule has 0 bridgehead atoms. The third-order valence-corrected chi connectivity index (χ3v) is 8.41. The van der Waals surface area contributed by atoms with Gasteiger partial charge in [0.2, 0.25) is 10.0 Å². The molecular weight excluding hydrogens is 560 g/mol. The molecular formula is C27H30BrClN4O2S. The summed E-state index contributed by atoms with van der Waals surface area (Å²) >= 11 is 10.0. The molecule has 0 aliphatic heterocycles. The number of hydrogen-bond acceptors (Lipinski definition) is 4. The molecule has 4 aromatic rings. The van der Waals surface area contributed by atoms with Crippen molar-refractivity contribution in [3.63, 3.8) is 0 Å². The normalized spacial score (nSPS) is 12.2. The largest absolute Gasteiger partial charge is 0.370 e. The smallest absolute Gasteiger partial charge is 0.240 e. The van der Waals surface area contributed by atoms with E-state index in [0.29, 0.717) is 24.5 Å². The molecule has 0 spiro atoms. The van der Waals surface area contributed by atoms with Crippen LogP contribution in [0.4, 0.5) is 5.82 Å². The van der Waals surface area contributed by atoms with Crippen molar-refractivity contribution in [2.24, 2.45) is 0 Å². The summed E-state index contributed by atoms with van der Waals surface area (Å²) in [5.74, 6) is 0.840. The second-order valence-corrected chi connectivity index (χ2v) is 12.7. The van der Waals surface area contributed by atoms with Gasteiger partial charge in [-0.25, -0.2) is 17.7 Å². The highest BCUT2D eigenvalue weighted by Crippen LogP contribution is 2.32. The molecule has 0 aliphatic carbocycles. The molecule has 6 nitrogen and oxygen atoms in total. The maximum atomic E-state index is 12.6. The molecule has 2 N–H and O–H groups in total. The number of rotatable bonds is 9. The quantitative estimate of drug-likeness (QED) is 0.209. The molecule has 2 heterocycles. The predicted octanol–water partition coefficient (Wildman–Crippen LogP) is 6.89. The van der Waals surface area contributed by atoms with Crippen LogP contribution >= 0.6 is 27.5 Å². The lowest BCUT2D eigenvalue weighted by atomic mass is 9.87. The van der Waals surface area contributed by atoms with Gasteiger partial charge in [-0.15, -0.1) is 0 Å². The Morgan fingerprint density at radius 2 is 1.69 bits per heavy atom. The molecule has 0 aliphatic rings. The Kier molecular flexibility index (Phi) is 8.09. The van der Waals surface area contributed by atoms with Gasteiger partial charge < -0.3 is 5.32 Å². The van der Waals surface area contributed by atoms with Crippen LogP contribution in [0.15, 0.2) is 76.2 Å². The minimum atomic E-state index is -3.53. The van der Waals surface area contributed by atoms with E-state index in [9.17, 15) is 8.42 Å². The van der Waals surface area contributed by atoms with E-state index in [0.717, 1.165) is 38.9 Å². The number of hydrogen-bond donors (Lipinski definition) is 2. The van der Waals surface area contributed by atoms with Gasteiger partial charge in [0, 0.05) is 23.7 Å². The molecule has 0 amide bonds. The van der Waals surface area contributed by atoms with Gasteiger partial charge in [0.05, 0.1) is 21.1 Å². The van der Waals surface area contributed by atoms with Gasteiger partial charge in [-0.3, -0.25) is 0 Å². The lowest BCUT2D eigenvalue weighted by Crippen LogP contribution is -2.25. The second-order valence-electron chi connectivity index (χ2n) is 9.70. The summed E-state index contributed by atoms with van der Waals surface area (Å²) in [6, 6.07) is 18.9. The van der Waals surface area contributed by atoms with E-state index in [1.54, 1.807) is 18.3 Å². The molecule has 2 aromatic heterocycles. The first-order valence-electron chi connectivity index (χ1n) is 11.8. The summed E-state index contributed by atoms with van der Waals surface area (Å²) in [5.41, 5.74) is 3.95. The van der Waals surface area contributed by atoms with E-state index in [2.05, 4.69) is 51.8 Å². The molecule has 4 rings (SSSR count). The molecule has 0 fully saturated rings. The Balaban J connectivity index is 1.35. The first-order chi connectivity index (χ1) is 17.1. The van der Waals surface area contributed by atoms with Crippen LogP contribution in [0.2, 0.25) is 5.02 Å². The van der Waals surface area contributed by atoms with Crippen molar-refractivity contribution in [1.29, 1.82) is 0 Å². The fourth-order valence-corrected chi connectivity index (χ4v) is 5.62. The number of aromatic nitrogens is 2. The highest BCUT2D eigenvalue weighted by Gasteiger charge is 2.17. The van der Waals surface area contributed by atoms with Crippen LogP contribution in [-0.2, 0) is 15.4 Å². The van der Waals surface area contributed by atoms with E-state index in [1.807, 2.05) is 53.0 Å². The van der Waals surface area contributed by atoms with Gasteiger partial charge in [0.25, 0.3) is 0 Å². The predicted molar refractivity (Wildman–Crippen MR) is 151 cm³/mol. The van der Waals surface area contributed by atoms with Crippen molar-refractivity contribution < 1.29 is 8.42 Å². The third kappa shape index (κ3) is 6.11. The summed E-state index contributed by atoms with van der Waals surface area (Å²) in [6.07, 6.45) is 3.24. The van der Waals surface area contributed by atoms with Crippen LogP contribution in [0.1, 0.15) is 39.2 Å².